The SMILES string of the molecule is COc1ccccc1CCC(=O)N1CCC(CNC(=O)CC#N)CC1. The Morgan fingerprint density at radius 1 is 1.32 bits per heavy atom. The van der Waals surface area contributed by atoms with Gasteiger partial charge in [0.1, 0.15) is 12.2 Å². The summed E-state index contributed by atoms with van der Waals surface area (Å²) in [5.41, 5.74) is 1.05. The van der Waals surface area contributed by atoms with Crippen LogP contribution in [0.4, 0.5) is 0 Å². The number of nitrogens with one attached hydrogen (secondary N) is 1. The Kier molecular flexibility index (Phi) is 7.27. The van der Waals surface area contributed by atoms with E-state index in [1.165, 1.54) is 0 Å². The summed E-state index contributed by atoms with van der Waals surface area (Å²) in [4.78, 5) is 25.6. The second-order valence-electron chi connectivity index (χ2n) is 6.27. The number of piperidine rings is 1. The highest BCUT2D eigenvalue weighted by Gasteiger charge is 2.23. The molecule has 1 aromatic carbocycles. The van der Waals surface area contributed by atoms with Crippen molar-refractivity contribution < 1.29 is 14.3 Å². The fourth-order valence-corrected chi connectivity index (χ4v) is 3.09. The van der Waals surface area contributed by atoms with Crippen molar-refractivity contribution in [2.45, 2.75) is 32.1 Å². The Hall–Kier alpha value is -2.55. The summed E-state index contributed by atoms with van der Waals surface area (Å²) in [6.45, 7) is 2.04. The van der Waals surface area contributed by atoms with E-state index in [0.717, 1.165) is 37.2 Å². The average molecular weight is 343 g/mol. The molecule has 1 N–H and O–H groups in total. The molecule has 0 spiro atoms. The zero-order valence-corrected chi connectivity index (χ0v) is 14.7. The number of aryl methyl sites for hydroxylation is 1. The molecule has 2 rings (SSSR count). The first kappa shape index (κ1) is 18.8. The lowest BCUT2D eigenvalue weighted by molar-refractivity contribution is -0.132. The van der Waals surface area contributed by atoms with Crippen molar-refractivity contribution in [1.82, 2.24) is 10.2 Å². The number of nitriles is 1. The lowest BCUT2D eigenvalue weighted by Gasteiger charge is -2.32. The van der Waals surface area contributed by atoms with Gasteiger partial charge in [0.05, 0.1) is 13.2 Å². The summed E-state index contributed by atoms with van der Waals surface area (Å²) in [5, 5.41) is 11.3. The van der Waals surface area contributed by atoms with E-state index >= 15 is 0 Å². The number of para-hydroxylation sites is 1. The van der Waals surface area contributed by atoms with Crippen LogP contribution in [0.1, 0.15) is 31.2 Å². The van der Waals surface area contributed by atoms with Gasteiger partial charge in [0.25, 0.3) is 0 Å². The standard InChI is InChI=1S/C19H25N3O3/c1-25-17-5-3-2-4-16(17)6-7-19(24)22-12-9-15(10-13-22)14-21-18(23)8-11-20/h2-5,15H,6-10,12-14H2,1H3,(H,21,23). The second kappa shape index (κ2) is 9.67. The Morgan fingerprint density at radius 3 is 2.72 bits per heavy atom. The van der Waals surface area contributed by atoms with Crippen LogP contribution in [-0.4, -0.2) is 43.5 Å². The van der Waals surface area contributed by atoms with E-state index in [4.69, 9.17) is 10.00 Å². The van der Waals surface area contributed by atoms with Gasteiger partial charge in [0.2, 0.25) is 11.8 Å². The predicted octanol–water partition coefficient (Wildman–Crippen LogP) is 1.90. The molecular weight excluding hydrogens is 318 g/mol. The number of ether oxygens (including phenoxy) is 1. The number of benzene rings is 1. The van der Waals surface area contributed by atoms with Crippen LogP contribution in [0.15, 0.2) is 24.3 Å². The molecule has 1 aliphatic rings. The van der Waals surface area contributed by atoms with Crippen LogP contribution >= 0.6 is 0 Å². The minimum absolute atomic E-state index is 0.0969. The summed E-state index contributed by atoms with van der Waals surface area (Å²) in [6, 6.07) is 9.61. The van der Waals surface area contributed by atoms with Crippen LogP contribution in [0.5, 0.6) is 5.75 Å². The molecule has 0 aliphatic carbocycles. The van der Waals surface area contributed by atoms with Crippen molar-refractivity contribution in [3.05, 3.63) is 29.8 Å². The normalized spacial score (nSPS) is 14.6. The molecule has 134 valence electrons. The molecule has 0 saturated carbocycles. The highest BCUT2D eigenvalue weighted by atomic mass is 16.5. The second-order valence-corrected chi connectivity index (χ2v) is 6.27. The van der Waals surface area contributed by atoms with Gasteiger partial charge < -0.3 is 15.0 Å². The number of hydrogen-bond acceptors (Lipinski definition) is 4. The number of carbonyl (C=O) groups is 2. The maximum atomic E-state index is 12.4. The lowest BCUT2D eigenvalue weighted by Crippen LogP contribution is -2.41. The number of amides is 2. The van der Waals surface area contributed by atoms with Crippen LogP contribution in [0.3, 0.4) is 0 Å². The number of nitrogens with zero attached hydrogens (tertiary/aromatic N) is 2. The fraction of sp³-hybridized carbons (Fsp3) is 0.526. The van der Waals surface area contributed by atoms with Crippen molar-refractivity contribution in [3.63, 3.8) is 0 Å². The maximum absolute atomic E-state index is 12.4. The quantitative estimate of drug-likeness (QED) is 0.820. The average Bonchev–Trinajstić information content (AvgIpc) is 2.65. The zero-order chi connectivity index (χ0) is 18.1. The Bertz CT molecular complexity index is 631. The van der Waals surface area contributed by atoms with Crippen molar-refractivity contribution >= 4 is 11.8 Å². The van der Waals surface area contributed by atoms with Gasteiger partial charge in [0.15, 0.2) is 0 Å². The molecule has 2 amide bonds. The van der Waals surface area contributed by atoms with E-state index in [1.807, 2.05) is 35.2 Å². The molecule has 1 saturated heterocycles. The van der Waals surface area contributed by atoms with Gasteiger partial charge in [0, 0.05) is 26.1 Å². The predicted molar refractivity (Wildman–Crippen MR) is 93.9 cm³/mol. The molecule has 6 nitrogen and oxygen atoms in total. The van der Waals surface area contributed by atoms with E-state index in [-0.39, 0.29) is 18.2 Å². The molecule has 0 unspecified atom stereocenters. The molecule has 6 heteroatoms. The molecule has 0 atom stereocenters. The Labute approximate surface area is 148 Å². The third-order valence-electron chi connectivity index (χ3n) is 4.60. The van der Waals surface area contributed by atoms with Crippen molar-refractivity contribution in [3.8, 4) is 11.8 Å². The highest BCUT2D eigenvalue weighted by Crippen LogP contribution is 2.21. The molecule has 0 bridgehead atoms. The molecule has 0 radical (unpaired) electrons. The summed E-state index contributed by atoms with van der Waals surface area (Å²) in [5.74, 6) is 1.14. The first-order valence-corrected chi connectivity index (χ1v) is 8.67. The molecule has 25 heavy (non-hydrogen) atoms. The van der Waals surface area contributed by atoms with E-state index < -0.39 is 0 Å². The van der Waals surface area contributed by atoms with Gasteiger partial charge in [-0.25, -0.2) is 0 Å². The van der Waals surface area contributed by atoms with E-state index in [0.29, 0.717) is 25.3 Å². The molecule has 1 heterocycles. The maximum Gasteiger partial charge on any atom is 0.234 e. The number of hydrogen-bond donors (Lipinski definition) is 1. The van der Waals surface area contributed by atoms with E-state index in [1.54, 1.807) is 7.11 Å². The van der Waals surface area contributed by atoms with Crippen molar-refractivity contribution in [2.75, 3.05) is 26.7 Å². The number of rotatable bonds is 7. The van der Waals surface area contributed by atoms with Gasteiger partial charge in [-0.1, -0.05) is 18.2 Å². The third kappa shape index (κ3) is 5.79. The highest BCUT2D eigenvalue weighted by molar-refractivity contribution is 5.78. The minimum atomic E-state index is -0.224. The summed E-state index contributed by atoms with van der Waals surface area (Å²) in [7, 11) is 1.64. The smallest absolute Gasteiger partial charge is 0.234 e. The van der Waals surface area contributed by atoms with Gasteiger partial charge in [-0.3, -0.25) is 9.59 Å². The Balaban J connectivity index is 1.72. The van der Waals surface area contributed by atoms with Crippen LogP contribution in [0, 0.1) is 17.2 Å². The van der Waals surface area contributed by atoms with E-state index in [2.05, 4.69) is 5.32 Å². The first-order valence-electron chi connectivity index (χ1n) is 8.67. The van der Waals surface area contributed by atoms with Crippen LogP contribution < -0.4 is 10.1 Å². The van der Waals surface area contributed by atoms with Gasteiger partial charge >= 0.3 is 0 Å². The van der Waals surface area contributed by atoms with Crippen molar-refractivity contribution in [1.29, 1.82) is 5.26 Å². The van der Waals surface area contributed by atoms with Crippen LogP contribution in [0.2, 0.25) is 0 Å². The molecule has 1 aromatic rings. The van der Waals surface area contributed by atoms with Gasteiger partial charge in [-0.2, -0.15) is 5.26 Å². The van der Waals surface area contributed by atoms with Crippen LogP contribution in [0.25, 0.3) is 0 Å². The number of methoxy groups -OCH3 is 1. The van der Waals surface area contributed by atoms with Gasteiger partial charge in [-0.05, 0) is 36.8 Å². The van der Waals surface area contributed by atoms with Crippen molar-refractivity contribution in [2.24, 2.45) is 5.92 Å². The first-order chi connectivity index (χ1) is 12.1. The zero-order valence-electron chi connectivity index (χ0n) is 14.7. The Morgan fingerprint density at radius 2 is 2.04 bits per heavy atom. The topological polar surface area (TPSA) is 82.4 Å². The molecular formula is C19H25N3O3. The van der Waals surface area contributed by atoms with E-state index in [9.17, 15) is 9.59 Å². The summed E-state index contributed by atoms with van der Waals surface area (Å²) >= 11 is 0. The molecule has 0 aromatic heterocycles. The largest absolute Gasteiger partial charge is 0.496 e. The summed E-state index contributed by atoms with van der Waals surface area (Å²) < 4.78 is 5.32. The third-order valence-corrected chi connectivity index (χ3v) is 4.60. The number of carbonyl (C=O) groups excluding carboxylic acids is 2. The lowest BCUT2D eigenvalue weighted by atomic mass is 9.96. The minimum Gasteiger partial charge on any atom is -0.496 e. The van der Waals surface area contributed by atoms with Gasteiger partial charge in [-0.15, -0.1) is 0 Å². The summed E-state index contributed by atoms with van der Waals surface area (Å²) in [6.07, 6.45) is 2.82. The molecule has 1 fully saturated rings. The molecule has 1 aliphatic heterocycles. The number of likely N-dealkylation sites (tertiary alicyclic amines) is 1. The monoisotopic (exact) mass is 343 g/mol. The van der Waals surface area contributed by atoms with Crippen LogP contribution in [-0.2, 0) is 16.0 Å². The fourth-order valence-electron chi connectivity index (χ4n) is 3.09.